The summed E-state index contributed by atoms with van der Waals surface area (Å²) in [5.74, 6) is -0.615. The number of rotatable bonds is 5. The van der Waals surface area contributed by atoms with Crippen LogP contribution in [0.15, 0.2) is 18.2 Å². The molecule has 1 aromatic carbocycles. The van der Waals surface area contributed by atoms with Crippen molar-refractivity contribution in [2.45, 2.75) is 6.92 Å². The Morgan fingerprint density at radius 1 is 1.45 bits per heavy atom. The number of anilines is 2. The van der Waals surface area contributed by atoms with Gasteiger partial charge in [0, 0.05) is 20.6 Å². The second-order valence-electron chi connectivity index (χ2n) is 4.66. The van der Waals surface area contributed by atoms with Crippen LogP contribution in [0.25, 0.3) is 0 Å². The summed E-state index contributed by atoms with van der Waals surface area (Å²) in [6.45, 7) is 2.37. The minimum Gasteiger partial charge on any atom is -0.465 e. The molecule has 1 aromatic rings. The third-order valence-corrected chi connectivity index (χ3v) is 3.10. The van der Waals surface area contributed by atoms with E-state index in [4.69, 9.17) is 5.73 Å². The first-order chi connectivity index (χ1) is 9.40. The Bertz CT molecular complexity index is 502. The Hall–Kier alpha value is -2.24. The van der Waals surface area contributed by atoms with E-state index in [0.29, 0.717) is 17.8 Å². The number of hydrogen-bond donors (Lipinski definition) is 2. The second kappa shape index (κ2) is 6.79. The quantitative estimate of drug-likeness (QED) is 0.617. The molecule has 0 aromatic heterocycles. The van der Waals surface area contributed by atoms with E-state index in [1.54, 1.807) is 25.2 Å². The smallest absolute Gasteiger partial charge is 0.337 e. The van der Waals surface area contributed by atoms with Crippen molar-refractivity contribution in [2.24, 2.45) is 5.92 Å². The lowest BCUT2D eigenvalue weighted by molar-refractivity contribution is -0.123. The van der Waals surface area contributed by atoms with E-state index in [2.05, 4.69) is 10.1 Å². The number of carbonyl (C=O) groups excluding carboxylic acids is 2. The van der Waals surface area contributed by atoms with Crippen LogP contribution in [-0.2, 0) is 9.53 Å². The molecule has 1 amide bonds. The van der Waals surface area contributed by atoms with Crippen molar-refractivity contribution in [1.29, 1.82) is 0 Å². The largest absolute Gasteiger partial charge is 0.465 e. The van der Waals surface area contributed by atoms with Crippen molar-refractivity contribution in [3.63, 3.8) is 0 Å². The van der Waals surface area contributed by atoms with Crippen LogP contribution in [-0.4, -0.2) is 39.6 Å². The van der Waals surface area contributed by atoms with Gasteiger partial charge in [0.1, 0.15) is 0 Å². The molecule has 0 fully saturated rings. The monoisotopic (exact) mass is 279 g/mol. The van der Waals surface area contributed by atoms with Gasteiger partial charge in [-0.3, -0.25) is 4.79 Å². The number of ether oxygens (including phenoxy) is 1. The number of nitrogen functional groups attached to an aromatic ring is 1. The fourth-order valence-electron chi connectivity index (χ4n) is 1.99. The van der Waals surface area contributed by atoms with E-state index >= 15 is 0 Å². The van der Waals surface area contributed by atoms with Gasteiger partial charge in [-0.15, -0.1) is 0 Å². The zero-order valence-electron chi connectivity index (χ0n) is 12.3. The molecule has 0 spiro atoms. The molecule has 0 saturated carbocycles. The Morgan fingerprint density at radius 3 is 2.60 bits per heavy atom. The highest BCUT2D eigenvalue weighted by Crippen LogP contribution is 2.24. The fraction of sp³-hybridized carbons (Fsp3) is 0.429. The number of hydrogen-bond acceptors (Lipinski definition) is 5. The molecule has 1 unspecified atom stereocenters. The van der Waals surface area contributed by atoms with Crippen LogP contribution >= 0.6 is 0 Å². The first-order valence-electron chi connectivity index (χ1n) is 6.31. The van der Waals surface area contributed by atoms with E-state index in [9.17, 15) is 9.59 Å². The molecule has 1 atom stereocenters. The average Bonchev–Trinajstić information content (AvgIpc) is 2.44. The summed E-state index contributed by atoms with van der Waals surface area (Å²) < 4.78 is 4.64. The van der Waals surface area contributed by atoms with Crippen molar-refractivity contribution in [1.82, 2.24) is 5.32 Å². The maximum atomic E-state index is 11.5. The molecular weight excluding hydrogens is 258 g/mol. The number of esters is 1. The number of methoxy groups -OCH3 is 1. The zero-order valence-corrected chi connectivity index (χ0v) is 12.3. The molecule has 0 aliphatic carbocycles. The van der Waals surface area contributed by atoms with Gasteiger partial charge in [0.15, 0.2) is 0 Å². The molecule has 0 radical (unpaired) electrons. The van der Waals surface area contributed by atoms with Gasteiger partial charge in [-0.2, -0.15) is 0 Å². The first-order valence-corrected chi connectivity index (χ1v) is 6.31. The van der Waals surface area contributed by atoms with E-state index in [1.807, 2.05) is 18.9 Å². The van der Waals surface area contributed by atoms with Crippen LogP contribution < -0.4 is 16.0 Å². The highest BCUT2D eigenvalue weighted by atomic mass is 16.5. The third kappa shape index (κ3) is 3.63. The maximum absolute atomic E-state index is 11.5. The Balaban J connectivity index is 2.86. The van der Waals surface area contributed by atoms with Crippen LogP contribution in [0.4, 0.5) is 11.4 Å². The molecule has 20 heavy (non-hydrogen) atoms. The minimum atomic E-state index is -0.426. The predicted octanol–water partition coefficient (Wildman–Crippen LogP) is 0.874. The van der Waals surface area contributed by atoms with Gasteiger partial charge in [-0.25, -0.2) is 4.79 Å². The number of amides is 1. The Labute approximate surface area is 118 Å². The SMILES string of the molecule is CNC(=O)C(C)CN(C)c1ccc(C(=O)OC)cc1N. The second-order valence-corrected chi connectivity index (χ2v) is 4.66. The van der Waals surface area contributed by atoms with Gasteiger partial charge >= 0.3 is 5.97 Å². The summed E-state index contributed by atoms with van der Waals surface area (Å²) in [6.07, 6.45) is 0. The van der Waals surface area contributed by atoms with Crippen LogP contribution in [0.3, 0.4) is 0 Å². The molecule has 0 saturated heterocycles. The summed E-state index contributed by atoms with van der Waals surface area (Å²) in [5, 5.41) is 2.61. The van der Waals surface area contributed by atoms with Gasteiger partial charge in [0.05, 0.1) is 30.0 Å². The number of nitrogens with two attached hydrogens (primary N) is 1. The van der Waals surface area contributed by atoms with Gasteiger partial charge < -0.3 is 20.7 Å². The summed E-state index contributed by atoms with van der Waals surface area (Å²) in [7, 11) is 4.78. The van der Waals surface area contributed by atoms with Crippen LogP contribution in [0, 0.1) is 5.92 Å². The molecule has 1 rings (SSSR count). The normalized spacial score (nSPS) is 11.6. The van der Waals surface area contributed by atoms with Gasteiger partial charge in [0.2, 0.25) is 5.91 Å². The summed E-state index contributed by atoms with van der Waals surface area (Å²) in [6, 6.07) is 4.97. The highest BCUT2D eigenvalue weighted by Gasteiger charge is 2.16. The topological polar surface area (TPSA) is 84.7 Å². The Kier molecular flexibility index (Phi) is 5.37. The standard InChI is InChI=1S/C14H21N3O3/c1-9(13(18)16-2)8-17(3)12-6-5-10(7-11(12)15)14(19)20-4/h5-7,9H,8,15H2,1-4H3,(H,16,18). The lowest BCUT2D eigenvalue weighted by Crippen LogP contribution is -2.34. The molecule has 6 heteroatoms. The first kappa shape index (κ1) is 15.8. The summed E-state index contributed by atoms with van der Waals surface area (Å²) >= 11 is 0. The molecule has 3 N–H and O–H groups in total. The summed E-state index contributed by atoms with van der Waals surface area (Å²) in [4.78, 5) is 24.8. The molecule has 0 aliphatic rings. The van der Waals surface area contributed by atoms with E-state index in [1.165, 1.54) is 7.11 Å². The average molecular weight is 279 g/mol. The molecule has 0 aliphatic heterocycles. The van der Waals surface area contributed by atoms with Gasteiger partial charge in [-0.05, 0) is 18.2 Å². The number of nitrogens with one attached hydrogen (secondary N) is 1. The lowest BCUT2D eigenvalue weighted by atomic mass is 10.1. The molecule has 0 heterocycles. The molecule has 0 bridgehead atoms. The van der Waals surface area contributed by atoms with E-state index in [0.717, 1.165) is 5.69 Å². The minimum absolute atomic E-state index is 0.0263. The number of benzene rings is 1. The van der Waals surface area contributed by atoms with Crippen molar-refractivity contribution >= 4 is 23.3 Å². The Morgan fingerprint density at radius 2 is 2.10 bits per heavy atom. The van der Waals surface area contributed by atoms with Crippen molar-refractivity contribution in [3.8, 4) is 0 Å². The molecule has 6 nitrogen and oxygen atoms in total. The van der Waals surface area contributed by atoms with Crippen LogP contribution in [0.1, 0.15) is 17.3 Å². The zero-order chi connectivity index (χ0) is 15.3. The highest BCUT2D eigenvalue weighted by molar-refractivity contribution is 5.92. The summed E-state index contributed by atoms with van der Waals surface area (Å²) in [5.41, 5.74) is 7.60. The van der Waals surface area contributed by atoms with E-state index < -0.39 is 5.97 Å². The lowest BCUT2D eigenvalue weighted by Gasteiger charge is -2.24. The predicted molar refractivity (Wildman–Crippen MR) is 78.7 cm³/mol. The molecule has 110 valence electrons. The van der Waals surface area contributed by atoms with Crippen LogP contribution in [0.5, 0.6) is 0 Å². The molecular formula is C14H21N3O3. The van der Waals surface area contributed by atoms with Crippen molar-refractivity contribution < 1.29 is 14.3 Å². The maximum Gasteiger partial charge on any atom is 0.337 e. The van der Waals surface area contributed by atoms with Gasteiger partial charge in [0.25, 0.3) is 0 Å². The van der Waals surface area contributed by atoms with Crippen molar-refractivity contribution in [3.05, 3.63) is 23.8 Å². The fourth-order valence-corrected chi connectivity index (χ4v) is 1.99. The van der Waals surface area contributed by atoms with Crippen LogP contribution in [0.2, 0.25) is 0 Å². The van der Waals surface area contributed by atoms with Crippen molar-refractivity contribution in [2.75, 3.05) is 38.4 Å². The number of carbonyl (C=O) groups is 2. The number of nitrogens with zero attached hydrogens (tertiary/aromatic N) is 1. The third-order valence-electron chi connectivity index (χ3n) is 3.10. The van der Waals surface area contributed by atoms with Gasteiger partial charge in [-0.1, -0.05) is 6.92 Å². The van der Waals surface area contributed by atoms with E-state index in [-0.39, 0.29) is 11.8 Å².